The summed E-state index contributed by atoms with van der Waals surface area (Å²) in [6.45, 7) is 5.08. The summed E-state index contributed by atoms with van der Waals surface area (Å²) < 4.78 is 0. The largest absolute Gasteiger partial charge is 0.394 e. The lowest BCUT2D eigenvalue weighted by atomic mass is 9.99. The first kappa shape index (κ1) is 22.5. The van der Waals surface area contributed by atoms with Crippen LogP contribution < -0.4 is 16.0 Å². The Morgan fingerprint density at radius 2 is 1.81 bits per heavy atom. The van der Waals surface area contributed by atoms with Gasteiger partial charge in [0.05, 0.1) is 18.7 Å². The summed E-state index contributed by atoms with van der Waals surface area (Å²) in [7, 11) is 0. The lowest BCUT2D eigenvalue weighted by molar-refractivity contribution is -0.117. The number of aliphatic hydroxyl groups is 1. The van der Waals surface area contributed by atoms with Gasteiger partial charge in [-0.1, -0.05) is 48.5 Å². The Bertz CT molecular complexity index is 1090. The Labute approximate surface area is 182 Å². The van der Waals surface area contributed by atoms with Crippen LogP contribution in [0, 0.1) is 6.92 Å². The van der Waals surface area contributed by atoms with Crippen molar-refractivity contribution in [3.63, 3.8) is 0 Å². The van der Waals surface area contributed by atoms with E-state index in [-0.39, 0.29) is 31.0 Å². The van der Waals surface area contributed by atoms with Crippen molar-refractivity contribution in [1.82, 2.24) is 5.32 Å². The number of hydrogen-bond donors (Lipinski definition) is 3. The van der Waals surface area contributed by atoms with Gasteiger partial charge in [-0.3, -0.25) is 9.59 Å². The summed E-state index contributed by atoms with van der Waals surface area (Å²) in [5.74, 6) is -0.472. The molecule has 3 aromatic carbocycles. The number of carbonyl (C=O) groups excluding carboxylic acids is 2. The zero-order chi connectivity index (χ0) is 22.5. The first-order chi connectivity index (χ1) is 14.9. The zero-order valence-electron chi connectivity index (χ0n) is 18.1. The molecule has 0 heterocycles. The highest BCUT2D eigenvalue weighted by Crippen LogP contribution is 2.26. The van der Waals surface area contributed by atoms with E-state index >= 15 is 0 Å². The molecule has 2 amide bonds. The molecule has 0 aliphatic carbocycles. The Balaban J connectivity index is 1.91. The van der Waals surface area contributed by atoms with Crippen molar-refractivity contribution in [3.05, 3.63) is 77.4 Å². The van der Waals surface area contributed by atoms with Gasteiger partial charge in [0.1, 0.15) is 0 Å². The molecule has 162 valence electrons. The molecule has 0 aliphatic heterocycles. The Hall–Kier alpha value is -3.22. The van der Waals surface area contributed by atoms with Crippen molar-refractivity contribution >= 4 is 28.3 Å². The van der Waals surface area contributed by atoms with E-state index in [9.17, 15) is 14.7 Å². The van der Waals surface area contributed by atoms with E-state index in [0.29, 0.717) is 11.3 Å². The molecule has 3 rings (SSSR count). The van der Waals surface area contributed by atoms with E-state index in [0.717, 1.165) is 21.9 Å². The van der Waals surface area contributed by atoms with Gasteiger partial charge in [-0.15, -0.1) is 0 Å². The molecular weight excluding hydrogens is 390 g/mol. The highest BCUT2D eigenvalue weighted by Gasteiger charge is 2.23. The number of benzene rings is 3. The van der Waals surface area contributed by atoms with Crippen LogP contribution in [0.15, 0.2) is 60.7 Å². The summed E-state index contributed by atoms with van der Waals surface area (Å²) in [6, 6.07) is 18.6. The standard InChI is InChI=1S/C25H29N3O3/c1-16-11-12-20(28(18(3)30)21(14-26)15-29)13-24(16)25(31)27-17(2)22-10-6-8-19-7-4-5-9-23(19)22/h4-13,17,21,29H,14-15,26H2,1-3H3,(H,27,31). The maximum absolute atomic E-state index is 13.2. The molecule has 0 aromatic heterocycles. The third-order valence-corrected chi connectivity index (χ3v) is 5.57. The predicted octanol–water partition coefficient (Wildman–Crippen LogP) is 3.31. The molecular formula is C25H29N3O3. The molecule has 6 nitrogen and oxygen atoms in total. The van der Waals surface area contributed by atoms with Gasteiger partial charge in [0.2, 0.25) is 5.91 Å². The van der Waals surface area contributed by atoms with Crippen molar-refractivity contribution in [3.8, 4) is 0 Å². The van der Waals surface area contributed by atoms with Crippen LogP contribution in [-0.2, 0) is 4.79 Å². The fraction of sp³-hybridized carbons (Fsp3) is 0.280. The van der Waals surface area contributed by atoms with Crippen LogP contribution in [0.2, 0.25) is 0 Å². The molecule has 3 aromatic rings. The molecule has 0 bridgehead atoms. The van der Waals surface area contributed by atoms with Gasteiger partial charge in [0.15, 0.2) is 0 Å². The second-order valence-corrected chi connectivity index (χ2v) is 7.72. The highest BCUT2D eigenvalue weighted by atomic mass is 16.3. The number of amides is 2. The SMILES string of the molecule is CC(=O)N(c1ccc(C)c(C(=O)NC(C)c2cccc3ccccc23)c1)C(CN)CO. The maximum atomic E-state index is 13.2. The molecule has 0 aliphatic rings. The molecule has 6 heteroatoms. The monoisotopic (exact) mass is 419 g/mol. The summed E-state index contributed by atoms with van der Waals surface area (Å²) in [6.07, 6.45) is 0. The number of nitrogens with zero attached hydrogens (tertiary/aromatic N) is 1. The lowest BCUT2D eigenvalue weighted by Gasteiger charge is -2.29. The first-order valence-corrected chi connectivity index (χ1v) is 10.4. The summed E-state index contributed by atoms with van der Waals surface area (Å²) in [4.78, 5) is 26.8. The maximum Gasteiger partial charge on any atom is 0.252 e. The van der Waals surface area contributed by atoms with Crippen molar-refractivity contribution < 1.29 is 14.7 Å². The number of aliphatic hydroxyl groups excluding tert-OH is 1. The van der Waals surface area contributed by atoms with E-state index < -0.39 is 6.04 Å². The van der Waals surface area contributed by atoms with Gasteiger partial charge in [-0.2, -0.15) is 0 Å². The minimum Gasteiger partial charge on any atom is -0.394 e. The molecule has 0 fully saturated rings. The van der Waals surface area contributed by atoms with E-state index in [1.165, 1.54) is 11.8 Å². The number of fused-ring (bicyclic) bond motifs is 1. The smallest absolute Gasteiger partial charge is 0.252 e. The summed E-state index contributed by atoms with van der Waals surface area (Å²) in [5, 5.41) is 14.9. The van der Waals surface area contributed by atoms with Crippen LogP contribution in [0.1, 0.15) is 41.4 Å². The van der Waals surface area contributed by atoms with E-state index in [4.69, 9.17) is 5.73 Å². The fourth-order valence-electron chi connectivity index (χ4n) is 3.90. The zero-order valence-corrected chi connectivity index (χ0v) is 18.1. The second kappa shape index (κ2) is 9.73. The molecule has 31 heavy (non-hydrogen) atoms. The molecule has 0 radical (unpaired) electrons. The molecule has 0 saturated carbocycles. The van der Waals surface area contributed by atoms with Crippen LogP contribution in [0.5, 0.6) is 0 Å². The van der Waals surface area contributed by atoms with Crippen LogP contribution in [-0.4, -0.2) is 36.1 Å². The molecule has 0 saturated heterocycles. The summed E-state index contributed by atoms with van der Waals surface area (Å²) >= 11 is 0. The number of rotatable bonds is 7. The number of nitrogens with one attached hydrogen (secondary N) is 1. The Morgan fingerprint density at radius 1 is 1.10 bits per heavy atom. The Kier molecular flexibility index (Phi) is 7.05. The summed E-state index contributed by atoms with van der Waals surface area (Å²) in [5.41, 5.74) is 8.57. The van der Waals surface area contributed by atoms with Crippen LogP contribution in [0.25, 0.3) is 10.8 Å². The molecule has 2 atom stereocenters. The molecule has 4 N–H and O–H groups in total. The van der Waals surface area contributed by atoms with Gasteiger partial charge in [-0.05, 0) is 47.9 Å². The van der Waals surface area contributed by atoms with Crippen LogP contribution >= 0.6 is 0 Å². The van der Waals surface area contributed by atoms with Crippen molar-refractivity contribution in [2.24, 2.45) is 5.73 Å². The topological polar surface area (TPSA) is 95.7 Å². The first-order valence-electron chi connectivity index (χ1n) is 10.4. The quantitative estimate of drug-likeness (QED) is 0.547. The van der Waals surface area contributed by atoms with Crippen LogP contribution in [0.4, 0.5) is 5.69 Å². The van der Waals surface area contributed by atoms with E-state index in [2.05, 4.69) is 5.32 Å². The number of nitrogens with two attached hydrogens (primary N) is 1. The average Bonchev–Trinajstić information content (AvgIpc) is 2.77. The number of aryl methyl sites for hydroxylation is 1. The molecule has 2 unspecified atom stereocenters. The van der Waals surface area contributed by atoms with Gasteiger partial charge in [-0.25, -0.2) is 0 Å². The second-order valence-electron chi connectivity index (χ2n) is 7.72. The minimum absolute atomic E-state index is 0.115. The third-order valence-electron chi connectivity index (χ3n) is 5.57. The normalized spacial score (nSPS) is 12.9. The Morgan fingerprint density at radius 3 is 2.48 bits per heavy atom. The average molecular weight is 420 g/mol. The van der Waals surface area contributed by atoms with Gasteiger partial charge in [0, 0.05) is 24.7 Å². The predicted molar refractivity (Wildman–Crippen MR) is 124 cm³/mol. The van der Waals surface area contributed by atoms with Crippen molar-refractivity contribution in [2.75, 3.05) is 18.1 Å². The fourth-order valence-corrected chi connectivity index (χ4v) is 3.90. The number of anilines is 1. The van der Waals surface area contributed by atoms with E-state index in [1.807, 2.05) is 56.3 Å². The minimum atomic E-state index is -0.550. The lowest BCUT2D eigenvalue weighted by Crippen LogP contribution is -2.46. The highest BCUT2D eigenvalue weighted by molar-refractivity contribution is 5.99. The third kappa shape index (κ3) is 4.76. The van der Waals surface area contributed by atoms with Crippen LogP contribution in [0.3, 0.4) is 0 Å². The van der Waals surface area contributed by atoms with E-state index in [1.54, 1.807) is 18.2 Å². The number of hydrogen-bond acceptors (Lipinski definition) is 4. The van der Waals surface area contributed by atoms with Gasteiger partial charge < -0.3 is 21.1 Å². The van der Waals surface area contributed by atoms with Crippen molar-refractivity contribution in [2.45, 2.75) is 32.9 Å². The number of carbonyl (C=O) groups is 2. The van der Waals surface area contributed by atoms with Gasteiger partial charge >= 0.3 is 0 Å². The van der Waals surface area contributed by atoms with Gasteiger partial charge in [0.25, 0.3) is 5.91 Å². The van der Waals surface area contributed by atoms with Crippen molar-refractivity contribution in [1.29, 1.82) is 0 Å². The molecule has 0 spiro atoms.